The quantitative estimate of drug-likeness (QED) is 0.889. The Labute approximate surface area is 112 Å². The first kappa shape index (κ1) is 13.4. The van der Waals surface area contributed by atoms with E-state index >= 15 is 0 Å². The second kappa shape index (κ2) is 6.20. The molecule has 1 amide bonds. The van der Waals surface area contributed by atoms with Crippen LogP contribution in [0.3, 0.4) is 0 Å². The molecular formula is C15H18N2O2. The molecule has 1 heterocycles. The second-order valence-corrected chi connectivity index (χ2v) is 4.57. The van der Waals surface area contributed by atoms with Crippen molar-refractivity contribution in [1.82, 2.24) is 4.90 Å². The van der Waals surface area contributed by atoms with E-state index in [-0.39, 0.29) is 5.91 Å². The first-order valence-electron chi connectivity index (χ1n) is 6.23. The lowest BCUT2D eigenvalue weighted by atomic mass is 10.1. The Hall–Kier alpha value is -2.07. The van der Waals surface area contributed by atoms with Crippen LogP contribution < -0.4 is 5.73 Å². The molecule has 19 heavy (non-hydrogen) atoms. The maximum atomic E-state index is 12.1. The molecule has 0 saturated heterocycles. The van der Waals surface area contributed by atoms with Crippen molar-refractivity contribution in [3.05, 3.63) is 60.1 Å². The summed E-state index contributed by atoms with van der Waals surface area (Å²) in [6.45, 7) is 0.439. The fourth-order valence-electron chi connectivity index (χ4n) is 1.95. The van der Waals surface area contributed by atoms with Gasteiger partial charge in [-0.2, -0.15) is 0 Å². The molecule has 0 aliphatic rings. The predicted molar refractivity (Wildman–Crippen MR) is 73.3 cm³/mol. The molecule has 0 spiro atoms. The fourth-order valence-corrected chi connectivity index (χ4v) is 1.95. The van der Waals surface area contributed by atoms with Gasteiger partial charge in [-0.25, -0.2) is 0 Å². The van der Waals surface area contributed by atoms with Crippen LogP contribution in [0.4, 0.5) is 0 Å². The van der Waals surface area contributed by atoms with Crippen LogP contribution in [0, 0.1) is 0 Å². The van der Waals surface area contributed by atoms with Crippen LogP contribution in [0.15, 0.2) is 53.1 Å². The lowest BCUT2D eigenvalue weighted by molar-refractivity contribution is -0.132. The summed E-state index contributed by atoms with van der Waals surface area (Å²) in [6.07, 6.45) is 2.14. The predicted octanol–water partition coefficient (Wildman–Crippen LogP) is 1.81. The molecule has 0 saturated carbocycles. The average Bonchev–Trinajstić information content (AvgIpc) is 2.91. The van der Waals surface area contributed by atoms with Crippen LogP contribution >= 0.6 is 0 Å². The summed E-state index contributed by atoms with van der Waals surface area (Å²) in [5.41, 5.74) is 7.02. The lowest BCUT2D eigenvalue weighted by Crippen LogP contribution is -2.42. The van der Waals surface area contributed by atoms with E-state index in [1.807, 2.05) is 36.4 Å². The number of hydrogen-bond acceptors (Lipinski definition) is 3. The van der Waals surface area contributed by atoms with Gasteiger partial charge in [0.25, 0.3) is 0 Å². The van der Waals surface area contributed by atoms with Crippen molar-refractivity contribution in [2.24, 2.45) is 5.73 Å². The molecule has 0 aliphatic heterocycles. The van der Waals surface area contributed by atoms with Crippen molar-refractivity contribution in [1.29, 1.82) is 0 Å². The zero-order chi connectivity index (χ0) is 13.7. The van der Waals surface area contributed by atoms with Gasteiger partial charge in [-0.15, -0.1) is 0 Å². The largest absolute Gasteiger partial charge is 0.467 e. The monoisotopic (exact) mass is 258 g/mol. The molecular weight excluding hydrogens is 240 g/mol. The van der Waals surface area contributed by atoms with Crippen LogP contribution in [0.5, 0.6) is 0 Å². The Kier molecular flexibility index (Phi) is 4.36. The van der Waals surface area contributed by atoms with Crippen LogP contribution in [0.25, 0.3) is 0 Å². The Morgan fingerprint density at radius 1 is 1.26 bits per heavy atom. The third-order valence-electron chi connectivity index (χ3n) is 2.96. The normalized spacial score (nSPS) is 12.1. The molecule has 2 rings (SSSR count). The van der Waals surface area contributed by atoms with Gasteiger partial charge in [0, 0.05) is 7.05 Å². The van der Waals surface area contributed by atoms with Gasteiger partial charge in [-0.3, -0.25) is 4.79 Å². The van der Waals surface area contributed by atoms with Gasteiger partial charge in [0.1, 0.15) is 5.76 Å². The van der Waals surface area contributed by atoms with Gasteiger partial charge in [-0.1, -0.05) is 30.3 Å². The summed E-state index contributed by atoms with van der Waals surface area (Å²) in [6, 6.07) is 12.9. The first-order valence-corrected chi connectivity index (χ1v) is 6.23. The minimum absolute atomic E-state index is 0.0831. The van der Waals surface area contributed by atoms with E-state index in [4.69, 9.17) is 10.2 Å². The van der Waals surface area contributed by atoms with Gasteiger partial charge in [0.15, 0.2) is 0 Å². The third kappa shape index (κ3) is 3.69. The summed E-state index contributed by atoms with van der Waals surface area (Å²) < 4.78 is 5.22. The fraction of sp³-hybridized carbons (Fsp3) is 0.267. The third-order valence-corrected chi connectivity index (χ3v) is 2.96. The molecule has 0 bridgehead atoms. The summed E-state index contributed by atoms with van der Waals surface area (Å²) in [5, 5.41) is 0. The Morgan fingerprint density at radius 2 is 2.00 bits per heavy atom. The van der Waals surface area contributed by atoms with E-state index in [2.05, 4.69) is 0 Å². The van der Waals surface area contributed by atoms with Crippen molar-refractivity contribution >= 4 is 5.91 Å². The number of nitrogens with zero attached hydrogens (tertiary/aromatic N) is 1. The molecule has 2 aromatic rings. The lowest BCUT2D eigenvalue weighted by Gasteiger charge is -2.20. The van der Waals surface area contributed by atoms with Gasteiger partial charge in [0.05, 0.1) is 18.8 Å². The molecule has 1 aromatic carbocycles. The van der Waals surface area contributed by atoms with E-state index in [0.717, 1.165) is 11.3 Å². The van der Waals surface area contributed by atoms with Gasteiger partial charge >= 0.3 is 0 Å². The van der Waals surface area contributed by atoms with Crippen LogP contribution in [-0.2, 0) is 17.8 Å². The summed E-state index contributed by atoms with van der Waals surface area (Å²) >= 11 is 0. The van der Waals surface area contributed by atoms with Gasteiger partial charge in [-0.05, 0) is 24.1 Å². The maximum absolute atomic E-state index is 12.1. The smallest absolute Gasteiger partial charge is 0.239 e. The zero-order valence-corrected chi connectivity index (χ0v) is 11.0. The number of nitrogens with two attached hydrogens (primary N) is 1. The molecule has 2 N–H and O–H groups in total. The summed E-state index contributed by atoms with van der Waals surface area (Å²) in [7, 11) is 1.73. The van der Waals surface area contributed by atoms with Crippen molar-refractivity contribution in [2.75, 3.05) is 7.05 Å². The van der Waals surface area contributed by atoms with Crippen molar-refractivity contribution in [3.63, 3.8) is 0 Å². The van der Waals surface area contributed by atoms with E-state index in [9.17, 15) is 4.79 Å². The van der Waals surface area contributed by atoms with E-state index in [0.29, 0.717) is 13.0 Å². The van der Waals surface area contributed by atoms with Crippen molar-refractivity contribution in [2.45, 2.75) is 19.0 Å². The Balaban J connectivity index is 1.91. The average molecular weight is 258 g/mol. The van der Waals surface area contributed by atoms with E-state index in [1.54, 1.807) is 24.3 Å². The highest BCUT2D eigenvalue weighted by Gasteiger charge is 2.19. The number of hydrogen-bond donors (Lipinski definition) is 1. The van der Waals surface area contributed by atoms with Crippen molar-refractivity contribution < 1.29 is 9.21 Å². The molecule has 1 atom stereocenters. The van der Waals surface area contributed by atoms with Crippen LogP contribution in [0.2, 0.25) is 0 Å². The SMILES string of the molecule is CN(Cc1ccco1)C(=O)[C@H](N)Cc1ccccc1. The Morgan fingerprint density at radius 3 is 2.63 bits per heavy atom. The minimum Gasteiger partial charge on any atom is -0.467 e. The number of carbonyl (C=O) groups is 1. The first-order chi connectivity index (χ1) is 9.16. The van der Waals surface area contributed by atoms with Gasteiger partial charge in [0.2, 0.25) is 5.91 Å². The number of carbonyl (C=O) groups excluding carboxylic acids is 1. The van der Waals surface area contributed by atoms with Crippen LogP contribution in [-0.4, -0.2) is 23.9 Å². The molecule has 100 valence electrons. The van der Waals surface area contributed by atoms with E-state index < -0.39 is 6.04 Å². The van der Waals surface area contributed by atoms with Crippen LogP contribution in [0.1, 0.15) is 11.3 Å². The maximum Gasteiger partial charge on any atom is 0.239 e. The standard InChI is InChI=1S/C15H18N2O2/c1-17(11-13-8-5-9-19-13)15(18)14(16)10-12-6-3-2-4-7-12/h2-9,14H,10-11,16H2,1H3/t14-/m1/s1. The highest BCUT2D eigenvalue weighted by atomic mass is 16.3. The number of amides is 1. The molecule has 4 nitrogen and oxygen atoms in total. The topological polar surface area (TPSA) is 59.5 Å². The Bertz CT molecular complexity index is 508. The molecule has 0 fully saturated rings. The molecule has 0 radical (unpaired) electrons. The molecule has 4 heteroatoms. The number of benzene rings is 1. The summed E-state index contributed by atoms with van der Waals surface area (Å²) in [5.74, 6) is 0.669. The van der Waals surface area contributed by atoms with Crippen molar-refractivity contribution in [3.8, 4) is 0 Å². The highest BCUT2D eigenvalue weighted by molar-refractivity contribution is 5.81. The second-order valence-electron chi connectivity index (χ2n) is 4.57. The number of likely N-dealkylation sites (N-methyl/N-ethyl adjacent to an activating group) is 1. The molecule has 0 unspecified atom stereocenters. The minimum atomic E-state index is -0.526. The zero-order valence-electron chi connectivity index (χ0n) is 11.0. The molecule has 1 aromatic heterocycles. The molecule has 0 aliphatic carbocycles. The number of rotatable bonds is 5. The highest BCUT2D eigenvalue weighted by Crippen LogP contribution is 2.07. The number of furan rings is 1. The van der Waals surface area contributed by atoms with Gasteiger partial charge < -0.3 is 15.1 Å². The van der Waals surface area contributed by atoms with E-state index in [1.165, 1.54) is 0 Å². The summed E-state index contributed by atoms with van der Waals surface area (Å²) in [4.78, 5) is 13.7.